The Bertz CT molecular complexity index is 430. The molecule has 2 unspecified atom stereocenters. The molecule has 4 heteroatoms. The van der Waals surface area contributed by atoms with Crippen molar-refractivity contribution in [1.29, 1.82) is 0 Å². The van der Waals surface area contributed by atoms with E-state index in [1.165, 1.54) is 41.3 Å². The van der Waals surface area contributed by atoms with Crippen molar-refractivity contribution < 1.29 is 4.74 Å². The van der Waals surface area contributed by atoms with E-state index in [0.29, 0.717) is 5.92 Å². The molecule has 2 heterocycles. The van der Waals surface area contributed by atoms with Crippen LogP contribution >= 0.6 is 11.3 Å². The molecule has 2 atom stereocenters. The van der Waals surface area contributed by atoms with Crippen LogP contribution < -0.4 is 5.32 Å². The number of nitrogens with one attached hydrogen (secondary N) is 1. The SMILES string of the molecule is CCCNC(C)(c1nc2c(s1)CCCC2)C1CCOC1. The van der Waals surface area contributed by atoms with Crippen LogP contribution in [0.1, 0.15) is 55.1 Å². The molecule has 112 valence electrons. The third-order valence-electron chi connectivity index (χ3n) is 4.78. The molecule has 1 fully saturated rings. The van der Waals surface area contributed by atoms with Crippen molar-refractivity contribution in [3.8, 4) is 0 Å². The van der Waals surface area contributed by atoms with Gasteiger partial charge in [0.25, 0.3) is 0 Å². The zero-order valence-electron chi connectivity index (χ0n) is 12.7. The average Bonchev–Trinajstić information content (AvgIpc) is 3.13. The molecular weight excluding hydrogens is 268 g/mol. The Morgan fingerprint density at radius 1 is 1.40 bits per heavy atom. The summed E-state index contributed by atoms with van der Waals surface area (Å²) in [4.78, 5) is 6.56. The van der Waals surface area contributed by atoms with Crippen LogP contribution in [0.5, 0.6) is 0 Å². The van der Waals surface area contributed by atoms with Gasteiger partial charge in [-0.2, -0.15) is 0 Å². The Kier molecular flexibility index (Phi) is 4.43. The van der Waals surface area contributed by atoms with Gasteiger partial charge in [0.05, 0.1) is 17.8 Å². The molecule has 0 amide bonds. The van der Waals surface area contributed by atoms with Gasteiger partial charge in [0.15, 0.2) is 0 Å². The van der Waals surface area contributed by atoms with Crippen molar-refractivity contribution in [3.63, 3.8) is 0 Å². The first-order valence-corrected chi connectivity index (χ1v) is 8.87. The van der Waals surface area contributed by atoms with Crippen LogP contribution in [0.25, 0.3) is 0 Å². The molecule has 1 N–H and O–H groups in total. The number of fused-ring (bicyclic) bond motifs is 1. The molecule has 1 aromatic heterocycles. The second-order valence-corrected chi connectivity index (χ2v) is 7.37. The molecule has 20 heavy (non-hydrogen) atoms. The highest BCUT2D eigenvalue weighted by molar-refractivity contribution is 7.11. The van der Waals surface area contributed by atoms with Crippen LogP contribution in [-0.4, -0.2) is 24.7 Å². The Morgan fingerprint density at radius 3 is 2.95 bits per heavy atom. The van der Waals surface area contributed by atoms with Gasteiger partial charge in [0.2, 0.25) is 0 Å². The van der Waals surface area contributed by atoms with Crippen molar-refractivity contribution in [3.05, 3.63) is 15.6 Å². The van der Waals surface area contributed by atoms with Crippen molar-refractivity contribution in [2.45, 2.75) is 57.9 Å². The third-order valence-corrected chi connectivity index (χ3v) is 6.17. The maximum atomic E-state index is 5.64. The standard InChI is InChI=1S/C16H26N2OS/c1-3-9-17-16(2,12-8-10-19-11-12)15-18-13-6-4-5-7-14(13)20-15/h12,17H,3-11H2,1-2H3. The van der Waals surface area contributed by atoms with E-state index < -0.39 is 0 Å². The van der Waals surface area contributed by atoms with Crippen LogP contribution in [-0.2, 0) is 23.1 Å². The minimum atomic E-state index is -0.00544. The minimum absolute atomic E-state index is 0.00544. The highest BCUT2D eigenvalue weighted by atomic mass is 32.1. The smallest absolute Gasteiger partial charge is 0.113 e. The Hall–Kier alpha value is -0.450. The Labute approximate surface area is 126 Å². The van der Waals surface area contributed by atoms with E-state index in [1.54, 1.807) is 0 Å². The van der Waals surface area contributed by atoms with Gasteiger partial charge in [0.1, 0.15) is 5.01 Å². The van der Waals surface area contributed by atoms with Gasteiger partial charge in [0, 0.05) is 17.4 Å². The van der Waals surface area contributed by atoms with Gasteiger partial charge in [-0.05, 0) is 52.0 Å². The molecule has 3 nitrogen and oxygen atoms in total. The van der Waals surface area contributed by atoms with E-state index in [2.05, 4.69) is 19.2 Å². The monoisotopic (exact) mass is 294 g/mol. The number of hydrogen-bond acceptors (Lipinski definition) is 4. The van der Waals surface area contributed by atoms with E-state index in [-0.39, 0.29) is 5.54 Å². The molecule has 2 aliphatic rings. The molecule has 1 saturated heterocycles. The van der Waals surface area contributed by atoms with Gasteiger partial charge < -0.3 is 10.1 Å². The summed E-state index contributed by atoms with van der Waals surface area (Å²) in [6.45, 7) is 7.39. The van der Waals surface area contributed by atoms with Crippen molar-refractivity contribution in [1.82, 2.24) is 10.3 Å². The van der Waals surface area contributed by atoms with Gasteiger partial charge in [-0.3, -0.25) is 0 Å². The largest absolute Gasteiger partial charge is 0.381 e. The van der Waals surface area contributed by atoms with Gasteiger partial charge in [-0.15, -0.1) is 11.3 Å². The number of nitrogens with zero attached hydrogens (tertiary/aromatic N) is 1. The van der Waals surface area contributed by atoms with Crippen LogP contribution in [0.4, 0.5) is 0 Å². The first-order valence-electron chi connectivity index (χ1n) is 8.06. The van der Waals surface area contributed by atoms with Crippen LogP contribution in [0, 0.1) is 5.92 Å². The van der Waals surface area contributed by atoms with Crippen molar-refractivity contribution >= 4 is 11.3 Å². The fourth-order valence-electron chi connectivity index (χ4n) is 3.34. The molecule has 1 aliphatic carbocycles. The lowest BCUT2D eigenvalue weighted by Crippen LogP contribution is -2.46. The van der Waals surface area contributed by atoms with Crippen molar-refractivity contribution in [2.75, 3.05) is 19.8 Å². The lowest BCUT2D eigenvalue weighted by Gasteiger charge is -2.34. The molecule has 0 aromatic carbocycles. The van der Waals surface area contributed by atoms with Crippen molar-refractivity contribution in [2.24, 2.45) is 5.92 Å². The summed E-state index contributed by atoms with van der Waals surface area (Å²) < 4.78 is 5.64. The fraction of sp³-hybridized carbons (Fsp3) is 0.812. The average molecular weight is 294 g/mol. The molecule has 0 radical (unpaired) electrons. The normalized spacial score (nSPS) is 25.4. The molecule has 0 saturated carbocycles. The molecule has 0 spiro atoms. The summed E-state index contributed by atoms with van der Waals surface area (Å²) in [5, 5.41) is 5.08. The molecular formula is C16H26N2OS. The quantitative estimate of drug-likeness (QED) is 0.905. The summed E-state index contributed by atoms with van der Waals surface area (Å²) in [6, 6.07) is 0. The summed E-state index contributed by atoms with van der Waals surface area (Å²) >= 11 is 1.95. The molecule has 1 aliphatic heterocycles. The van der Waals surface area contributed by atoms with Crippen LogP contribution in [0.15, 0.2) is 0 Å². The highest BCUT2D eigenvalue weighted by Crippen LogP contribution is 2.39. The number of hydrogen-bond donors (Lipinski definition) is 1. The third kappa shape index (κ3) is 2.66. The zero-order valence-corrected chi connectivity index (χ0v) is 13.5. The lowest BCUT2D eigenvalue weighted by molar-refractivity contribution is 0.152. The first-order chi connectivity index (χ1) is 9.74. The van der Waals surface area contributed by atoms with E-state index in [4.69, 9.17) is 9.72 Å². The van der Waals surface area contributed by atoms with E-state index in [0.717, 1.165) is 32.6 Å². The van der Waals surface area contributed by atoms with Crippen LogP contribution in [0.2, 0.25) is 0 Å². The number of aryl methyl sites for hydroxylation is 2. The highest BCUT2D eigenvalue weighted by Gasteiger charge is 2.40. The molecule has 1 aromatic rings. The zero-order chi connectivity index (χ0) is 14.0. The Morgan fingerprint density at radius 2 is 2.25 bits per heavy atom. The number of rotatable bonds is 5. The maximum absolute atomic E-state index is 5.64. The van der Waals surface area contributed by atoms with E-state index in [9.17, 15) is 0 Å². The maximum Gasteiger partial charge on any atom is 0.113 e. The van der Waals surface area contributed by atoms with Gasteiger partial charge in [-0.25, -0.2) is 4.98 Å². The predicted octanol–water partition coefficient (Wildman–Crippen LogP) is 3.27. The second-order valence-electron chi connectivity index (χ2n) is 6.29. The van der Waals surface area contributed by atoms with Gasteiger partial charge in [-0.1, -0.05) is 6.92 Å². The molecule has 3 rings (SSSR count). The van der Waals surface area contributed by atoms with Gasteiger partial charge >= 0.3 is 0 Å². The second kappa shape index (κ2) is 6.12. The summed E-state index contributed by atoms with van der Waals surface area (Å²) in [7, 11) is 0. The van der Waals surface area contributed by atoms with Crippen LogP contribution in [0.3, 0.4) is 0 Å². The first kappa shape index (κ1) is 14.5. The molecule has 0 bridgehead atoms. The fourth-order valence-corrected chi connectivity index (χ4v) is 4.70. The summed E-state index contributed by atoms with van der Waals surface area (Å²) in [5.41, 5.74) is 1.37. The van der Waals surface area contributed by atoms with E-state index >= 15 is 0 Å². The van der Waals surface area contributed by atoms with E-state index in [1.807, 2.05) is 11.3 Å². The Balaban J connectivity index is 1.89. The summed E-state index contributed by atoms with van der Waals surface area (Å²) in [6.07, 6.45) is 7.36. The lowest BCUT2D eigenvalue weighted by atomic mass is 9.85. The number of aromatic nitrogens is 1. The number of ether oxygens (including phenoxy) is 1. The topological polar surface area (TPSA) is 34.2 Å². The predicted molar refractivity (Wildman–Crippen MR) is 83.3 cm³/mol. The number of thiazole rings is 1. The summed E-state index contributed by atoms with van der Waals surface area (Å²) in [5.74, 6) is 0.557. The minimum Gasteiger partial charge on any atom is -0.381 e.